The Hall–Kier alpha value is -3.53. The van der Waals surface area contributed by atoms with Crippen molar-refractivity contribution < 1.29 is 33.2 Å². The molecule has 1 aliphatic rings. The molecule has 37 heavy (non-hydrogen) atoms. The largest absolute Gasteiger partial charge is 0.491 e. The van der Waals surface area contributed by atoms with Crippen LogP contribution in [0.3, 0.4) is 0 Å². The Kier molecular flexibility index (Phi) is 9.42. The first kappa shape index (κ1) is 26.5. The van der Waals surface area contributed by atoms with E-state index in [9.17, 15) is 4.79 Å². The number of methoxy groups -OCH3 is 3. The number of carbonyl (C=O) groups excluding carboxylic acids is 1. The average Bonchev–Trinajstić information content (AvgIpc) is 3.43. The molecule has 3 aromatic rings. The molecule has 1 fully saturated rings. The maximum atomic E-state index is 12.5. The van der Waals surface area contributed by atoms with Crippen molar-refractivity contribution in [2.45, 2.75) is 12.7 Å². The number of rotatable bonds is 14. The zero-order valence-electron chi connectivity index (χ0n) is 21.6. The van der Waals surface area contributed by atoms with Gasteiger partial charge in [-0.15, -0.1) is 0 Å². The van der Waals surface area contributed by atoms with Gasteiger partial charge in [-0.2, -0.15) is 0 Å². The van der Waals surface area contributed by atoms with Gasteiger partial charge in [0, 0.05) is 38.2 Å². The molecule has 198 valence electrons. The van der Waals surface area contributed by atoms with Crippen LogP contribution in [0, 0.1) is 0 Å². The minimum atomic E-state index is -0.369. The first-order valence-corrected chi connectivity index (χ1v) is 12.2. The molecule has 0 N–H and O–H groups in total. The molecular formula is C28H34N2O7. The van der Waals surface area contributed by atoms with Crippen LogP contribution in [-0.2, 0) is 25.6 Å². The molecule has 0 spiro atoms. The van der Waals surface area contributed by atoms with E-state index in [0.29, 0.717) is 57.4 Å². The summed E-state index contributed by atoms with van der Waals surface area (Å²) in [5, 5.41) is 0. The zero-order chi connectivity index (χ0) is 26.0. The SMILES string of the molecule is COCCOCc1ccc(OC2CN(c3cccc(C(=O)OC)c3-n3cccc3)C2)cc1OCCOC. The van der Waals surface area contributed by atoms with Gasteiger partial charge < -0.3 is 37.9 Å². The maximum Gasteiger partial charge on any atom is 0.340 e. The lowest BCUT2D eigenvalue weighted by atomic mass is 10.1. The molecule has 9 heteroatoms. The molecule has 0 bridgehead atoms. The van der Waals surface area contributed by atoms with Crippen LogP contribution in [0.1, 0.15) is 15.9 Å². The lowest BCUT2D eigenvalue weighted by Gasteiger charge is -2.41. The summed E-state index contributed by atoms with van der Waals surface area (Å²) in [5.74, 6) is 1.07. The van der Waals surface area contributed by atoms with Crippen molar-refractivity contribution in [1.82, 2.24) is 4.57 Å². The number of benzene rings is 2. The van der Waals surface area contributed by atoms with Crippen molar-refractivity contribution in [2.75, 3.05) is 65.7 Å². The average molecular weight is 511 g/mol. The molecule has 0 saturated carbocycles. The smallest absolute Gasteiger partial charge is 0.340 e. The van der Waals surface area contributed by atoms with Gasteiger partial charge >= 0.3 is 5.97 Å². The van der Waals surface area contributed by atoms with Crippen LogP contribution in [0.4, 0.5) is 5.69 Å². The van der Waals surface area contributed by atoms with Crippen molar-refractivity contribution in [2.24, 2.45) is 0 Å². The van der Waals surface area contributed by atoms with Crippen molar-refractivity contribution in [3.63, 3.8) is 0 Å². The minimum absolute atomic E-state index is 0.00470. The highest BCUT2D eigenvalue weighted by atomic mass is 16.5. The maximum absolute atomic E-state index is 12.5. The fourth-order valence-corrected chi connectivity index (χ4v) is 4.14. The van der Waals surface area contributed by atoms with Crippen LogP contribution in [0.25, 0.3) is 5.69 Å². The van der Waals surface area contributed by atoms with Gasteiger partial charge in [-0.3, -0.25) is 0 Å². The Morgan fingerprint density at radius 1 is 0.919 bits per heavy atom. The Labute approximate surface area is 217 Å². The lowest BCUT2D eigenvalue weighted by molar-refractivity contribution is 0.0599. The number of esters is 1. The number of carbonyl (C=O) groups is 1. The molecule has 0 aliphatic carbocycles. The lowest BCUT2D eigenvalue weighted by Crippen LogP contribution is -2.54. The van der Waals surface area contributed by atoms with Crippen molar-refractivity contribution in [1.29, 1.82) is 0 Å². The number of hydrogen-bond donors (Lipinski definition) is 0. The highest BCUT2D eigenvalue weighted by Gasteiger charge is 2.32. The zero-order valence-corrected chi connectivity index (χ0v) is 21.6. The second kappa shape index (κ2) is 13.1. The Bertz CT molecular complexity index is 1140. The van der Waals surface area contributed by atoms with E-state index in [1.165, 1.54) is 7.11 Å². The molecule has 1 saturated heterocycles. The summed E-state index contributed by atoms with van der Waals surface area (Å²) in [6, 6.07) is 15.3. The van der Waals surface area contributed by atoms with Crippen LogP contribution >= 0.6 is 0 Å². The Morgan fingerprint density at radius 2 is 1.68 bits per heavy atom. The van der Waals surface area contributed by atoms with E-state index < -0.39 is 0 Å². The predicted molar refractivity (Wildman–Crippen MR) is 139 cm³/mol. The molecule has 0 radical (unpaired) electrons. The molecule has 0 unspecified atom stereocenters. The Balaban J connectivity index is 1.44. The van der Waals surface area contributed by atoms with Gasteiger partial charge in [0.2, 0.25) is 0 Å². The van der Waals surface area contributed by atoms with Crippen LogP contribution in [0.2, 0.25) is 0 Å². The number of hydrogen-bond acceptors (Lipinski definition) is 8. The molecule has 1 aromatic heterocycles. The van der Waals surface area contributed by atoms with Crippen molar-refractivity contribution in [3.8, 4) is 17.2 Å². The van der Waals surface area contributed by atoms with E-state index >= 15 is 0 Å². The predicted octanol–water partition coefficient (Wildman–Crippen LogP) is 3.72. The van der Waals surface area contributed by atoms with E-state index in [4.69, 9.17) is 28.4 Å². The summed E-state index contributed by atoms with van der Waals surface area (Å²) in [5.41, 5.74) is 3.20. The first-order chi connectivity index (χ1) is 18.1. The molecule has 9 nitrogen and oxygen atoms in total. The molecule has 0 amide bonds. The Morgan fingerprint density at radius 3 is 2.41 bits per heavy atom. The third-order valence-corrected chi connectivity index (χ3v) is 6.05. The number of anilines is 1. The fourth-order valence-electron chi connectivity index (χ4n) is 4.14. The van der Waals surface area contributed by atoms with Gasteiger partial charge in [0.05, 0.1) is 63.6 Å². The number of nitrogens with zero attached hydrogens (tertiary/aromatic N) is 2. The van der Waals surface area contributed by atoms with Crippen LogP contribution in [0.15, 0.2) is 60.9 Å². The van der Waals surface area contributed by atoms with Gasteiger partial charge in [0.1, 0.15) is 24.2 Å². The van der Waals surface area contributed by atoms with Gasteiger partial charge in [0.15, 0.2) is 0 Å². The normalized spacial score (nSPS) is 13.3. The van der Waals surface area contributed by atoms with E-state index in [1.807, 2.05) is 59.4 Å². The molecule has 1 aliphatic heterocycles. The quantitative estimate of drug-likeness (QED) is 0.240. The van der Waals surface area contributed by atoms with Crippen LogP contribution in [0.5, 0.6) is 11.5 Å². The van der Waals surface area contributed by atoms with Gasteiger partial charge in [-0.25, -0.2) is 4.79 Å². The standard InChI is InChI=1S/C28H34N2O7/c1-32-13-15-35-20-21-9-10-22(17-26(21)36-16-14-33-2)37-23-18-30(19-23)25-8-6-7-24(28(31)34-3)27(25)29-11-4-5-12-29/h4-12,17,23H,13-16,18-20H2,1-3H3. The van der Waals surface area contributed by atoms with E-state index in [-0.39, 0.29) is 12.1 Å². The number of aromatic nitrogens is 1. The van der Waals surface area contributed by atoms with Gasteiger partial charge in [-0.1, -0.05) is 6.07 Å². The fraction of sp³-hybridized carbons (Fsp3) is 0.393. The highest BCUT2D eigenvalue weighted by Crippen LogP contribution is 2.34. The van der Waals surface area contributed by atoms with Crippen molar-refractivity contribution >= 4 is 11.7 Å². The second-order valence-electron chi connectivity index (χ2n) is 8.56. The summed E-state index contributed by atoms with van der Waals surface area (Å²) in [4.78, 5) is 14.6. The van der Waals surface area contributed by atoms with Crippen LogP contribution < -0.4 is 14.4 Å². The van der Waals surface area contributed by atoms with E-state index in [1.54, 1.807) is 20.3 Å². The topological polar surface area (TPSA) is 80.6 Å². The summed E-state index contributed by atoms with van der Waals surface area (Å²) < 4.78 is 35.0. The number of ether oxygens (including phenoxy) is 6. The second-order valence-corrected chi connectivity index (χ2v) is 8.56. The highest BCUT2D eigenvalue weighted by molar-refractivity contribution is 5.96. The summed E-state index contributed by atoms with van der Waals surface area (Å²) in [6.45, 7) is 3.74. The third-order valence-electron chi connectivity index (χ3n) is 6.05. The van der Waals surface area contributed by atoms with Gasteiger partial charge in [-0.05, 0) is 36.4 Å². The first-order valence-electron chi connectivity index (χ1n) is 12.2. The minimum Gasteiger partial charge on any atom is -0.491 e. The molecule has 2 aromatic carbocycles. The third kappa shape index (κ3) is 6.62. The van der Waals surface area contributed by atoms with Gasteiger partial charge in [0.25, 0.3) is 0 Å². The summed E-state index contributed by atoms with van der Waals surface area (Å²) in [7, 11) is 4.68. The van der Waals surface area contributed by atoms with E-state index in [2.05, 4.69) is 4.90 Å². The number of para-hydroxylation sites is 1. The molecule has 0 atom stereocenters. The molecular weight excluding hydrogens is 476 g/mol. The van der Waals surface area contributed by atoms with Crippen LogP contribution in [-0.4, -0.2) is 77.5 Å². The molecule has 4 rings (SSSR count). The van der Waals surface area contributed by atoms with E-state index in [0.717, 1.165) is 22.7 Å². The summed E-state index contributed by atoms with van der Waals surface area (Å²) in [6.07, 6.45) is 3.84. The molecule has 2 heterocycles. The monoisotopic (exact) mass is 510 g/mol. The summed E-state index contributed by atoms with van der Waals surface area (Å²) >= 11 is 0. The van der Waals surface area contributed by atoms with Crippen molar-refractivity contribution in [3.05, 3.63) is 72.1 Å².